The number of carboxylic acid groups (broad SMARTS) is 1. The van der Waals surface area contributed by atoms with Gasteiger partial charge in [0.2, 0.25) is 0 Å². The van der Waals surface area contributed by atoms with Gasteiger partial charge in [0.15, 0.2) is 11.6 Å². The Balaban J connectivity index is 1.89. The summed E-state index contributed by atoms with van der Waals surface area (Å²) in [7, 11) is 0. The molecule has 1 aromatic rings. The topological polar surface area (TPSA) is 80.7 Å². The molecule has 1 aliphatic heterocycles. The third kappa shape index (κ3) is 3.43. The lowest BCUT2D eigenvalue weighted by molar-refractivity contribution is -0.120. The number of carboxylic acids is 1. The molecule has 0 radical (unpaired) electrons. The fourth-order valence-corrected chi connectivity index (χ4v) is 4.83. The number of allylic oxidation sites excluding steroid dienone is 4. The van der Waals surface area contributed by atoms with Crippen LogP contribution in [0.2, 0.25) is 0 Å². The molecule has 0 saturated heterocycles. The number of carbonyl (C=O) groups excluding carboxylic acids is 2. The summed E-state index contributed by atoms with van der Waals surface area (Å²) in [6, 6.07) is 6.49. The molecule has 4 rings (SSSR count). The van der Waals surface area contributed by atoms with Crippen LogP contribution >= 0.6 is 0 Å². The molecule has 5 heteroatoms. The zero-order chi connectivity index (χ0) is 21.1. The van der Waals surface area contributed by atoms with Crippen LogP contribution in [-0.4, -0.2) is 22.6 Å². The maximum Gasteiger partial charge on any atom is 0.335 e. The first-order valence-electron chi connectivity index (χ1n) is 10.0. The van der Waals surface area contributed by atoms with Gasteiger partial charge in [-0.25, -0.2) is 4.79 Å². The van der Waals surface area contributed by atoms with Gasteiger partial charge in [0, 0.05) is 42.7 Å². The predicted octanol–water partition coefficient (Wildman–Crippen LogP) is 4.79. The summed E-state index contributed by atoms with van der Waals surface area (Å²) >= 11 is 0. The average Bonchev–Trinajstić information content (AvgIpc) is 2.57. The van der Waals surface area contributed by atoms with E-state index in [1.807, 2.05) is 0 Å². The highest BCUT2D eigenvalue weighted by Gasteiger charge is 2.47. The number of ether oxygens (including phenoxy) is 1. The Morgan fingerprint density at radius 3 is 1.72 bits per heavy atom. The molecule has 29 heavy (non-hydrogen) atoms. The number of hydrogen-bond donors (Lipinski definition) is 1. The molecule has 0 spiro atoms. The van der Waals surface area contributed by atoms with Crippen molar-refractivity contribution in [3.8, 4) is 0 Å². The molecule has 1 N–H and O–H groups in total. The zero-order valence-electron chi connectivity index (χ0n) is 17.3. The van der Waals surface area contributed by atoms with Crippen LogP contribution in [0, 0.1) is 10.8 Å². The first-order valence-corrected chi connectivity index (χ1v) is 10.0. The highest BCUT2D eigenvalue weighted by Crippen LogP contribution is 2.53. The Morgan fingerprint density at radius 2 is 1.31 bits per heavy atom. The molecular weight excluding hydrogens is 368 g/mol. The summed E-state index contributed by atoms with van der Waals surface area (Å²) in [6.45, 7) is 8.20. The highest BCUT2D eigenvalue weighted by molar-refractivity contribution is 6.06. The predicted molar refractivity (Wildman–Crippen MR) is 107 cm³/mol. The molecule has 2 aliphatic carbocycles. The molecule has 0 atom stereocenters. The van der Waals surface area contributed by atoms with E-state index in [2.05, 4.69) is 27.7 Å². The molecule has 3 aliphatic rings. The first-order chi connectivity index (χ1) is 13.5. The van der Waals surface area contributed by atoms with Gasteiger partial charge in [0.25, 0.3) is 0 Å². The van der Waals surface area contributed by atoms with Gasteiger partial charge in [-0.05, 0) is 28.5 Å². The van der Waals surface area contributed by atoms with Gasteiger partial charge in [-0.2, -0.15) is 0 Å². The second kappa shape index (κ2) is 6.41. The lowest BCUT2D eigenvalue weighted by Gasteiger charge is -2.42. The minimum Gasteiger partial charge on any atom is -0.478 e. The second-order valence-electron chi connectivity index (χ2n) is 10.0. The van der Waals surface area contributed by atoms with Crippen molar-refractivity contribution in [2.24, 2.45) is 10.8 Å². The largest absolute Gasteiger partial charge is 0.478 e. The first kappa shape index (κ1) is 19.6. The van der Waals surface area contributed by atoms with E-state index in [4.69, 9.17) is 4.74 Å². The monoisotopic (exact) mass is 394 g/mol. The normalized spacial score (nSPS) is 23.4. The Bertz CT molecular complexity index is 937. The van der Waals surface area contributed by atoms with Crippen LogP contribution in [0.5, 0.6) is 0 Å². The number of benzene rings is 1. The van der Waals surface area contributed by atoms with Gasteiger partial charge in [-0.15, -0.1) is 0 Å². The van der Waals surface area contributed by atoms with E-state index >= 15 is 0 Å². The maximum absolute atomic E-state index is 13.1. The summed E-state index contributed by atoms with van der Waals surface area (Å²) < 4.78 is 6.24. The molecule has 0 fully saturated rings. The average molecular weight is 394 g/mol. The summed E-state index contributed by atoms with van der Waals surface area (Å²) in [6.07, 6.45) is 2.09. The zero-order valence-corrected chi connectivity index (χ0v) is 17.3. The molecule has 152 valence electrons. The van der Waals surface area contributed by atoms with Gasteiger partial charge < -0.3 is 9.84 Å². The molecule has 5 nitrogen and oxygen atoms in total. The smallest absolute Gasteiger partial charge is 0.335 e. The third-order valence-electron chi connectivity index (χ3n) is 6.07. The van der Waals surface area contributed by atoms with Gasteiger partial charge in [-0.1, -0.05) is 39.8 Å². The maximum atomic E-state index is 13.1. The van der Waals surface area contributed by atoms with Crippen molar-refractivity contribution >= 4 is 17.5 Å². The van der Waals surface area contributed by atoms with Crippen LogP contribution in [0.4, 0.5) is 0 Å². The number of aromatic carboxylic acids is 1. The van der Waals surface area contributed by atoms with Crippen LogP contribution in [0.1, 0.15) is 75.2 Å². The van der Waals surface area contributed by atoms with Crippen molar-refractivity contribution in [2.45, 2.75) is 59.3 Å². The van der Waals surface area contributed by atoms with E-state index in [1.165, 1.54) is 12.1 Å². The van der Waals surface area contributed by atoms with Gasteiger partial charge in [-0.3, -0.25) is 9.59 Å². The summed E-state index contributed by atoms with van der Waals surface area (Å²) in [4.78, 5) is 37.5. The standard InChI is InChI=1S/C24H26O5/c1-23(2)9-15(25)20-17(11-23)29-18-12-24(3,4)10-16(26)21(18)19(20)13-5-7-14(8-6-13)22(27)28/h5-8,19H,9-12H2,1-4H3,(H,27,28). The van der Waals surface area contributed by atoms with Crippen molar-refractivity contribution in [3.05, 3.63) is 58.1 Å². The van der Waals surface area contributed by atoms with E-state index in [1.54, 1.807) is 12.1 Å². The molecule has 0 aromatic heterocycles. The highest BCUT2D eigenvalue weighted by atomic mass is 16.5. The summed E-state index contributed by atoms with van der Waals surface area (Å²) in [5.41, 5.74) is 1.69. The fraction of sp³-hybridized carbons (Fsp3) is 0.458. The molecular formula is C24H26O5. The van der Waals surface area contributed by atoms with Gasteiger partial charge in [0.05, 0.1) is 5.56 Å². The van der Waals surface area contributed by atoms with Crippen molar-refractivity contribution in [3.63, 3.8) is 0 Å². The van der Waals surface area contributed by atoms with Crippen molar-refractivity contribution in [1.82, 2.24) is 0 Å². The Morgan fingerprint density at radius 1 is 0.862 bits per heavy atom. The molecule has 0 amide bonds. The lowest BCUT2D eigenvalue weighted by atomic mass is 9.65. The van der Waals surface area contributed by atoms with Crippen LogP contribution < -0.4 is 0 Å². The summed E-state index contributed by atoms with van der Waals surface area (Å²) in [5.74, 6) is -0.135. The van der Waals surface area contributed by atoms with Crippen molar-refractivity contribution in [2.75, 3.05) is 0 Å². The van der Waals surface area contributed by atoms with Gasteiger partial charge in [0.1, 0.15) is 11.5 Å². The number of ketones is 2. The SMILES string of the molecule is CC1(C)CC(=O)C2=C(C1)OC1=C(C(=O)CC(C)(C)C1)C2c1ccc(C(=O)O)cc1. The second-order valence-corrected chi connectivity index (χ2v) is 10.0. The van der Waals surface area contributed by atoms with E-state index in [0.29, 0.717) is 48.3 Å². The lowest BCUT2D eigenvalue weighted by Crippen LogP contribution is -2.37. The molecule has 0 bridgehead atoms. The van der Waals surface area contributed by atoms with Crippen LogP contribution in [-0.2, 0) is 14.3 Å². The van der Waals surface area contributed by atoms with Crippen molar-refractivity contribution in [1.29, 1.82) is 0 Å². The van der Waals surface area contributed by atoms with Gasteiger partial charge >= 0.3 is 5.97 Å². The Hall–Kier alpha value is -2.69. The van der Waals surface area contributed by atoms with Crippen molar-refractivity contribution < 1.29 is 24.2 Å². The van der Waals surface area contributed by atoms with E-state index in [9.17, 15) is 19.5 Å². The van der Waals surface area contributed by atoms with E-state index < -0.39 is 11.9 Å². The number of carbonyl (C=O) groups is 3. The minimum absolute atomic E-state index is 0.00717. The Labute approximate surface area is 170 Å². The Kier molecular flexibility index (Phi) is 4.34. The fourth-order valence-electron chi connectivity index (χ4n) is 4.83. The van der Waals surface area contributed by atoms with E-state index in [-0.39, 0.29) is 28.0 Å². The van der Waals surface area contributed by atoms with Crippen LogP contribution in [0.15, 0.2) is 46.9 Å². The molecule has 1 aromatic carbocycles. The quantitative estimate of drug-likeness (QED) is 0.780. The van der Waals surface area contributed by atoms with Crippen LogP contribution in [0.3, 0.4) is 0 Å². The molecule has 0 unspecified atom stereocenters. The van der Waals surface area contributed by atoms with E-state index in [0.717, 1.165) is 5.56 Å². The summed E-state index contributed by atoms with van der Waals surface area (Å²) in [5, 5.41) is 9.21. The van der Waals surface area contributed by atoms with Crippen LogP contribution in [0.25, 0.3) is 0 Å². The minimum atomic E-state index is -1.01. The number of hydrogen-bond acceptors (Lipinski definition) is 4. The number of Topliss-reactive ketones (excluding diaryl/α,β-unsaturated/α-hetero) is 2. The number of rotatable bonds is 2. The third-order valence-corrected chi connectivity index (χ3v) is 6.07. The molecule has 1 heterocycles. The molecule has 0 saturated carbocycles.